The van der Waals surface area contributed by atoms with Crippen molar-refractivity contribution in [2.45, 2.75) is 33.1 Å². The highest BCUT2D eigenvalue weighted by Crippen LogP contribution is 2.16. The first-order chi connectivity index (χ1) is 16.6. The summed E-state index contributed by atoms with van der Waals surface area (Å²) in [6.07, 6.45) is 0. The van der Waals surface area contributed by atoms with Gasteiger partial charge in [0.1, 0.15) is 0 Å². The van der Waals surface area contributed by atoms with Crippen LogP contribution in [0.3, 0.4) is 0 Å². The van der Waals surface area contributed by atoms with Crippen molar-refractivity contribution in [1.29, 1.82) is 0 Å². The van der Waals surface area contributed by atoms with E-state index in [0.29, 0.717) is 26.2 Å². The maximum Gasteiger partial charge on any atom is 0.252 e. The van der Waals surface area contributed by atoms with Gasteiger partial charge in [0.2, 0.25) is 0 Å². The van der Waals surface area contributed by atoms with Crippen LogP contribution in [0, 0.1) is 6.92 Å². The lowest BCUT2D eigenvalue weighted by Crippen LogP contribution is -2.28. The molecule has 0 aliphatic heterocycles. The minimum Gasteiger partial charge on any atom is -0.322 e. The largest absolute Gasteiger partial charge is 0.322 e. The summed E-state index contributed by atoms with van der Waals surface area (Å²) >= 11 is 0. The summed E-state index contributed by atoms with van der Waals surface area (Å²) < 4.78 is 1.82. The van der Waals surface area contributed by atoms with Crippen LogP contribution < -0.4 is 5.56 Å². The molecule has 0 bridgehead atoms. The summed E-state index contributed by atoms with van der Waals surface area (Å²) in [5, 5.41) is 13.4. The Hall–Kier alpha value is -4.10. The molecule has 170 valence electrons. The van der Waals surface area contributed by atoms with Gasteiger partial charge in [0, 0.05) is 24.2 Å². The van der Waals surface area contributed by atoms with E-state index in [1.807, 2.05) is 66.2 Å². The number of pyridine rings is 1. The molecule has 5 rings (SSSR count). The third kappa shape index (κ3) is 5.10. The van der Waals surface area contributed by atoms with Crippen molar-refractivity contribution in [3.63, 3.8) is 0 Å². The summed E-state index contributed by atoms with van der Waals surface area (Å²) in [7, 11) is 0. The number of rotatable bonds is 8. The van der Waals surface area contributed by atoms with E-state index in [0.717, 1.165) is 39.0 Å². The highest BCUT2D eigenvalue weighted by Gasteiger charge is 2.16. The molecule has 0 saturated carbocycles. The maximum absolute atomic E-state index is 12.9. The second-order valence-electron chi connectivity index (χ2n) is 8.58. The molecule has 2 heterocycles. The zero-order valence-corrected chi connectivity index (χ0v) is 19.1. The van der Waals surface area contributed by atoms with Crippen LogP contribution in [0.15, 0.2) is 89.7 Å². The average molecular weight is 451 g/mol. The molecule has 0 atom stereocenters. The lowest BCUT2D eigenvalue weighted by molar-refractivity contribution is 0.236. The van der Waals surface area contributed by atoms with Crippen molar-refractivity contribution in [3.8, 4) is 0 Å². The van der Waals surface area contributed by atoms with Crippen molar-refractivity contribution >= 4 is 10.9 Å². The van der Waals surface area contributed by atoms with Crippen LogP contribution in [-0.2, 0) is 26.2 Å². The smallest absolute Gasteiger partial charge is 0.252 e. The third-order valence-electron chi connectivity index (χ3n) is 5.87. The zero-order chi connectivity index (χ0) is 23.3. The minimum absolute atomic E-state index is 0.0694. The first-order valence-corrected chi connectivity index (χ1v) is 11.3. The van der Waals surface area contributed by atoms with E-state index in [1.165, 1.54) is 0 Å². The van der Waals surface area contributed by atoms with Gasteiger partial charge in [0.15, 0.2) is 5.82 Å². The van der Waals surface area contributed by atoms with Gasteiger partial charge in [-0.1, -0.05) is 72.8 Å². The van der Waals surface area contributed by atoms with Crippen molar-refractivity contribution in [2.24, 2.45) is 0 Å². The molecular formula is C27H26N6O. The highest BCUT2D eigenvalue weighted by molar-refractivity contribution is 5.79. The molecule has 0 fully saturated rings. The average Bonchev–Trinajstić information content (AvgIpc) is 3.27. The van der Waals surface area contributed by atoms with E-state index in [4.69, 9.17) is 0 Å². The summed E-state index contributed by atoms with van der Waals surface area (Å²) in [4.78, 5) is 18.2. The van der Waals surface area contributed by atoms with Gasteiger partial charge in [0.25, 0.3) is 5.56 Å². The molecule has 0 aliphatic rings. The van der Waals surface area contributed by atoms with Gasteiger partial charge in [-0.15, -0.1) is 5.10 Å². The van der Waals surface area contributed by atoms with E-state index in [-0.39, 0.29) is 5.56 Å². The molecule has 0 saturated heterocycles. The molecule has 7 heteroatoms. The van der Waals surface area contributed by atoms with Crippen molar-refractivity contribution in [1.82, 2.24) is 30.1 Å². The number of nitrogens with zero attached hydrogens (tertiary/aromatic N) is 5. The second-order valence-corrected chi connectivity index (χ2v) is 8.58. The van der Waals surface area contributed by atoms with Crippen LogP contribution in [0.2, 0.25) is 0 Å². The normalized spacial score (nSPS) is 11.4. The molecule has 7 nitrogen and oxygen atoms in total. The van der Waals surface area contributed by atoms with Crippen LogP contribution in [-0.4, -0.2) is 30.1 Å². The molecule has 0 aliphatic carbocycles. The monoisotopic (exact) mass is 450 g/mol. The van der Waals surface area contributed by atoms with Gasteiger partial charge in [-0.05, 0) is 51.6 Å². The topological polar surface area (TPSA) is 79.7 Å². The number of hydrogen-bond donors (Lipinski definition) is 1. The summed E-state index contributed by atoms with van der Waals surface area (Å²) in [6, 6.07) is 28.5. The maximum atomic E-state index is 12.9. The van der Waals surface area contributed by atoms with Crippen molar-refractivity contribution < 1.29 is 0 Å². The van der Waals surface area contributed by atoms with Gasteiger partial charge in [-0.2, -0.15) is 0 Å². The predicted molar refractivity (Wildman–Crippen MR) is 132 cm³/mol. The lowest BCUT2D eigenvalue weighted by Gasteiger charge is -2.22. The highest BCUT2D eigenvalue weighted by atomic mass is 16.1. The number of benzene rings is 3. The molecule has 3 aromatic carbocycles. The Labute approximate surface area is 197 Å². The van der Waals surface area contributed by atoms with Crippen molar-refractivity contribution in [2.75, 3.05) is 0 Å². The van der Waals surface area contributed by atoms with Gasteiger partial charge in [0.05, 0.1) is 13.1 Å². The number of aromatic amines is 1. The van der Waals surface area contributed by atoms with Gasteiger partial charge >= 0.3 is 0 Å². The summed E-state index contributed by atoms with van der Waals surface area (Å²) in [5.41, 5.74) is 4.92. The quantitative estimate of drug-likeness (QED) is 0.385. The van der Waals surface area contributed by atoms with E-state index >= 15 is 0 Å². The van der Waals surface area contributed by atoms with Gasteiger partial charge in [-0.25, -0.2) is 4.68 Å². The molecule has 34 heavy (non-hydrogen) atoms. The molecule has 1 N–H and O–H groups in total. The molecule has 0 radical (unpaired) electrons. The standard InChI is InChI=1S/C27H26N6O/c1-20-12-13-23-15-24(27(34)28-25(23)14-20)18-32(16-21-8-4-2-5-9-21)19-26-29-30-31-33(26)17-22-10-6-3-7-11-22/h2-15H,16-19H2,1H3,(H,28,34). The molecule has 0 unspecified atom stereocenters. The molecule has 2 aromatic heterocycles. The van der Waals surface area contributed by atoms with Crippen LogP contribution in [0.25, 0.3) is 10.9 Å². The lowest BCUT2D eigenvalue weighted by atomic mass is 10.1. The number of aryl methyl sites for hydroxylation is 1. The minimum atomic E-state index is -0.0694. The Kier molecular flexibility index (Phi) is 6.27. The third-order valence-corrected chi connectivity index (χ3v) is 5.87. The van der Waals surface area contributed by atoms with Gasteiger partial charge in [-0.3, -0.25) is 9.69 Å². The summed E-state index contributed by atoms with van der Waals surface area (Å²) in [5.74, 6) is 0.757. The number of hydrogen-bond acceptors (Lipinski definition) is 5. The number of H-pyrrole nitrogens is 1. The van der Waals surface area contributed by atoms with Gasteiger partial charge < -0.3 is 4.98 Å². The van der Waals surface area contributed by atoms with E-state index < -0.39 is 0 Å². The first kappa shape index (κ1) is 21.7. The van der Waals surface area contributed by atoms with E-state index in [9.17, 15) is 4.79 Å². The van der Waals surface area contributed by atoms with Crippen molar-refractivity contribution in [3.05, 3.63) is 123 Å². The fraction of sp³-hybridized carbons (Fsp3) is 0.185. The fourth-order valence-electron chi connectivity index (χ4n) is 4.14. The van der Waals surface area contributed by atoms with Crippen LogP contribution in [0.4, 0.5) is 0 Å². The SMILES string of the molecule is Cc1ccc2cc(CN(Cc3ccccc3)Cc3nnnn3Cc3ccccc3)c(=O)[nH]c2c1. The fourth-order valence-corrected chi connectivity index (χ4v) is 4.14. The Morgan fingerprint density at radius 2 is 1.59 bits per heavy atom. The number of fused-ring (bicyclic) bond motifs is 1. The van der Waals surface area contributed by atoms with Crippen LogP contribution in [0.1, 0.15) is 28.1 Å². The Morgan fingerprint density at radius 1 is 0.853 bits per heavy atom. The second kappa shape index (κ2) is 9.80. The number of tetrazole rings is 1. The number of nitrogens with one attached hydrogen (secondary N) is 1. The Bertz CT molecular complexity index is 1440. The predicted octanol–water partition coefficient (Wildman–Crippen LogP) is 4.07. The Morgan fingerprint density at radius 3 is 2.35 bits per heavy atom. The van der Waals surface area contributed by atoms with Crippen LogP contribution >= 0.6 is 0 Å². The van der Waals surface area contributed by atoms with E-state index in [2.05, 4.69) is 55.7 Å². The molecule has 0 spiro atoms. The first-order valence-electron chi connectivity index (χ1n) is 11.3. The molecular weight excluding hydrogens is 424 g/mol. The Balaban J connectivity index is 1.43. The number of aromatic nitrogens is 5. The molecule has 5 aromatic rings. The zero-order valence-electron chi connectivity index (χ0n) is 19.1. The van der Waals surface area contributed by atoms with E-state index in [1.54, 1.807) is 0 Å². The summed E-state index contributed by atoms with van der Waals surface area (Å²) in [6.45, 7) is 4.28. The van der Waals surface area contributed by atoms with Crippen LogP contribution in [0.5, 0.6) is 0 Å². The molecule has 0 amide bonds.